The van der Waals surface area contributed by atoms with Gasteiger partial charge in [-0.1, -0.05) is 42.6 Å². The van der Waals surface area contributed by atoms with Crippen LogP contribution in [-0.4, -0.2) is 42.2 Å². The smallest absolute Gasteiger partial charge is 0.304 e. The number of aliphatic carboxylic acids is 1. The van der Waals surface area contributed by atoms with Gasteiger partial charge >= 0.3 is 5.97 Å². The third kappa shape index (κ3) is 6.12. The van der Waals surface area contributed by atoms with Crippen LogP contribution in [0.3, 0.4) is 0 Å². The van der Waals surface area contributed by atoms with Gasteiger partial charge in [-0.15, -0.1) is 12.4 Å². The maximum absolute atomic E-state index is 11.0. The number of carbonyl (C=O) groups is 1. The SMILES string of the molecule is CCCCc1cc(Cl)c(COc2ccc3c(c2)OCC32CCCN(CCC(=O)O)C2)c(Cl)c1.Cl. The first kappa shape index (κ1) is 26.9. The van der Waals surface area contributed by atoms with Crippen molar-refractivity contribution in [3.05, 3.63) is 57.1 Å². The Morgan fingerprint density at radius 3 is 2.71 bits per heavy atom. The second kappa shape index (κ2) is 11.9. The van der Waals surface area contributed by atoms with Gasteiger partial charge in [-0.2, -0.15) is 0 Å². The van der Waals surface area contributed by atoms with E-state index in [1.807, 2.05) is 24.3 Å². The van der Waals surface area contributed by atoms with Crippen LogP contribution in [0.2, 0.25) is 10.0 Å². The molecular weight excluding hydrogens is 497 g/mol. The number of likely N-dealkylation sites (tertiary alicyclic amines) is 1. The first-order valence-electron chi connectivity index (χ1n) is 11.7. The zero-order chi connectivity index (χ0) is 23.4. The first-order chi connectivity index (χ1) is 15.9. The Kier molecular flexibility index (Phi) is 9.39. The number of piperidine rings is 1. The maximum Gasteiger partial charge on any atom is 0.304 e. The van der Waals surface area contributed by atoms with Crippen LogP contribution in [0.4, 0.5) is 0 Å². The zero-order valence-corrected chi connectivity index (χ0v) is 21.8. The van der Waals surface area contributed by atoms with E-state index in [-0.39, 0.29) is 24.2 Å². The lowest BCUT2D eigenvalue weighted by Crippen LogP contribution is -2.47. The number of ether oxygens (including phenoxy) is 2. The molecular formula is C26H32Cl3NO4. The molecule has 5 nitrogen and oxygen atoms in total. The Bertz CT molecular complexity index is 993. The summed E-state index contributed by atoms with van der Waals surface area (Å²) in [5, 5.41) is 10.3. The number of benzene rings is 2. The molecule has 2 heterocycles. The third-order valence-corrected chi connectivity index (χ3v) is 7.40. The third-order valence-electron chi connectivity index (χ3n) is 6.73. The zero-order valence-electron chi connectivity index (χ0n) is 19.4. The molecule has 0 aliphatic carbocycles. The number of aryl methyl sites for hydroxylation is 1. The number of carboxylic acids is 1. The minimum atomic E-state index is -0.754. The van der Waals surface area contributed by atoms with Crippen molar-refractivity contribution in [2.45, 2.75) is 57.5 Å². The Morgan fingerprint density at radius 2 is 2.00 bits per heavy atom. The number of fused-ring (bicyclic) bond motifs is 2. The standard InChI is InChI=1S/C26H31Cl2NO4.ClH/c1-2-3-5-18-12-22(27)20(23(28)13-18)15-32-19-6-7-21-24(14-19)33-17-26(21)9-4-10-29(16-26)11-8-25(30)31;/h6-7,12-14H,2-5,8-11,15-17H2,1H3,(H,30,31);1H. The lowest BCUT2D eigenvalue weighted by Gasteiger charge is -2.39. The predicted molar refractivity (Wildman–Crippen MR) is 138 cm³/mol. The van der Waals surface area contributed by atoms with Gasteiger partial charge in [-0.3, -0.25) is 4.79 Å². The van der Waals surface area contributed by atoms with Crippen molar-refractivity contribution in [2.75, 3.05) is 26.2 Å². The molecule has 34 heavy (non-hydrogen) atoms. The van der Waals surface area contributed by atoms with E-state index < -0.39 is 5.97 Å². The van der Waals surface area contributed by atoms with Gasteiger partial charge < -0.3 is 19.5 Å². The highest BCUT2D eigenvalue weighted by Gasteiger charge is 2.43. The fourth-order valence-electron chi connectivity index (χ4n) is 4.93. The highest BCUT2D eigenvalue weighted by Crippen LogP contribution is 2.45. The fraction of sp³-hybridized carbons (Fsp3) is 0.500. The van der Waals surface area contributed by atoms with E-state index in [9.17, 15) is 4.79 Å². The van der Waals surface area contributed by atoms with Crippen LogP contribution in [0, 0.1) is 0 Å². The highest BCUT2D eigenvalue weighted by molar-refractivity contribution is 6.36. The number of carboxylic acid groups (broad SMARTS) is 1. The lowest BCUT2D eigenvalue weighted by atomic mass is 9.75. The molecule has 1 unspecified atom stereocenters. The average Bonchev–Trinajstić information content (AvgIpc) is 3.12. The molecule has 0 aromatic heterocycles. The minimum Gasteiger partial charge on any atom is -0.492 e. The van der Waals surface area contributed by atoms with Gasteiger partial charge in [-0.25, -0.2) is 0 Å². The molecule has 1 spiro atoms. The van der Waals surface area contributed by atoms with Crippen molar-refractivity contribution in [2.24, 2.45) is 0 Å². The number of rotatable bonds is 9. The molecule has 0 amide bonds. The number of hydrogen-bond donors (Lipinski definition) is 1. The summed E-state index contributed by atoms with van der Waals surface area (Å²) < 4.78 is 12.1. The molecule has 2 aromatic rings. The van der Waals surface area contributed by atoms with Gasteiger partial charge in [0, 0.05) is 45.7 Å². The molecule has 2 aromatic carbocycles. The highest BCUT2D eigenvalue weighted by atomic mass is 35.5. The van der Waals surface area contributed by atoms with Gasteiger partial charge in [0.25, 0.3) is 0 Å². The van der Waals surface area contributed by atoms with E-state index in [0.717, 1.165) is 62.1 Å². The molecule has 186 valence electrons. The Morgan fingerprint density at radius 1 is 1.24 bits per heavy atom. The summed E-state index contributed by atoms with van der Waals surface area (Å²) >= 11 is 13.0. The van der Waals surface area contributed by atoms with Gasteiger partial charge in [0.05, 0.1) is 13.0 Å². The number of unbranched alkanes of at least 4 members (excludes halogenated alkanes) is 1. The molecule has 1 saturated heterocycles. The van der Waals surface area contributed by atoms with Crippen molar-refractivity contribution in [1.29, 1.82) is 0 Å². The topological polar surface area (TPSA) is 59.0 Å². The van der Waals surface area contributed by atoms with Crippen molar-refractivity contribution in [3.8, 4) is 11.5 Å². The normalized spacial score (nSPS) is 19.4. The van der Waals surface area contributed by atoms with E-state index in [1.54, 1.807) is 0 Å². The monoisotopic (exact) mass is 527 g/mol. The van der Waals surface area contributed by atoms with Gasteiger partial charge in [-0.05, 0) is 56.0 Å². The Balaban J connectivity index is 0.00000324. The molecule has 2 aliphatic heterocycles. The summed E-state index contributed by atoms with van der Waals surface area (Å²) in [7, 11) is 0. The number of nitrogens with zero attached hydrogens (tertiary/aromatic N) is 1. The van der Waals surface area contributed by atoms with Crippen LogP contribution in [-0.2, 0) is 23.2 Å². The van der Waals surface area contributed by atoms with E-state index in [4.69, 9.17) is 37.8 Å². The van der Waals surface area contributed by atoms with E-state index >= 15 is 0 Å². The van der Waals surface area contributed by atoms with Gasteiger partial charge in [0.15, 0.2) is 0 Å². The molecule has 0 bridgehead atoms. The quantitative estimate of drug-likeness (QED) is 0.400. The first-order valence-corrected chi connectivity index (χ1v) is 12.5. The molecule has 4 rings (SSSR count). The van der Waals surface area contributed by atoms with Crippen LogP contribution in [0.1, 0.15) is 55.7 Å². The van der Waals surface area contributed by atoms with Crippen molar-refractivity contribution in [1.82, 2.24) is 4.90 Å². The largest absolute Gasteiger partial charge is 0.492 e. The minimum absolute atomic E-state index is 0. The Labute approximate surface area is 217 Å². The molecule has 0 radical (unpaired) electrons. The number of halogens is 3. The summed E-state index contributed by atoms with van der Waals surface area (Å²) in [6.07, 6.45) is 5.44. The molecule has 0 saturated carbocycles. The molecule has 2 aliphatic rings. The van der Waals surface area contributed by atoms with Crippen molar-refractivity contribution >= 4 is 41.6 Å². The predicted octanol–water partition coefficient (Wildman–Crippen LogP) is 6.54. The number of hydrogen-bond acceptors (Lipinski definition) is 4. The van der Waals surface area contributed by atoms with Crippen LogP contribution in [0.5, 0.6) is 11.5 Å². The lowest BCUT2D eigenvalue weighted by molar-refractivity contribution is -0.137. The molecule has 1 atom stereocenters. The fourth-order valence-corrected chi connectivity index (χ4v) is 5.57. The molecule has 1 N–H and O–H groups in total. The van der Waals surface area contributed by atoms with Gasteiger partial charge in [0.2, 0.25) is 0 Å². The van der Waals surface area contributed by atoms with Crippen LogP contribution in [0.15, 0.2) is 30.3 Å². The van der Waals surface area contributed by atoms with Crippen molar-refractivity contribution < 1.29 is 19.4 Å². The molecule has 1 fully saturated rings. The summed E-state index contributed by atoms with van der Waals surface area (Å²) in [5.41, 5.74) is 3.05. The summed E-state index contributed by atoms with van der Waals surface area (Å²) in [6.45, 7) is 5.40. The van der Waals surface area contributed by atoms with Crippen LogP contribution >= 0.6 is 35.6 Å². The summed E-state index contributed by atoms with van der Waals surface area (Å²) in [6, 6.07) is 9.98. The Hall–Kier alpha value is -1.66. The van der Waals surface area contributed by atoms with Crippen LogP contribution in [0.25, 0.3) is 0 Å². The van der Waals surface area contributed by atoms with E-state index in [1.165, 1.54) is 5.56 Å². The van der Waals surface area contributed by atoms with E-state index in [0.29, 0.717) is 35.6 Å². The molecule has 8 heteroatoms. The summed E-state index contributed by atoms with van der Waals surface area (Å²) in [5.74, 6) is 0.807. The van der Waals surface area contributed by atoms with E-state index in [2.05, 4.69) is 17.9 Å². The summed E-state index contributed by atoms with van der Waals surface area (Å²) in [4.78, 5) is 13.2. The second-order valence-electron chi connectivity index (χ2n) is 9.18. The second-order valence-corrected chi connectivity index (χ2v) is 10.00. The average molecular weight is 529 g/mol. The van der Waals surface area contributed by atoms with Gasteiger partial charge in [0.1, 0.15) is 18.1 Å². The van der Waals surface area contributed by atoms with Crippen molar-refractivity contribution in [3.63, 3.8) is 0 Å². The maximum atomic E-state index is 11.0. The van der Waals surface area contributed by atoms with Crippen LogP contribution < -0.4 is 9.47 Å².